The molecule has 20 heavy (non-hydrogen) atoms. The Hall–Kier alpha value is -1.33. The predicted molar refractivity (Wildman–Crippen MR) is 85.1 cm³/mol. The molecule has 0 bridgehead atoms. The lowest BCUT2D eigenvalue weighted by Crippen LogP contribution is -2.13. The largest absolute Gasteiger partial charge is 0.369 e. The molecule has 0 aliphatic rings. The van der Waals surface area contributed by atoms with Crippen LogP contribution in [0.3, 0.4) is 0 Å². The molecule has 106 valence electrons. The van der Waals surface area contributed by atoms with Crippen molar-refractivity contribution in [1.82, 2.24) is 4.98 Å². The second-order valence-electron chi connectivity index (χ2n) is 4.56. The van der Waals surface area contributed by atoms with E-state index in [-0.39, 0.29) is 12.3 Å². The predicted octanol–water partition coefficient (Wildman–Crippen LogP) is 3.72. The molecule has 1 amide bonds. The van der Waals surface area contributed by atoms with Crippen molar-refractivity contribution in [2.75, 3.05) is 0 Å². The number of primary amides is 1. The van der Waals surface area contributed by atoms with Crippen molar-refractivity contribution in [2.24, 2.45) is 5.73 Å². The average Bonchev–Trinajstić information content (AvgIpc) is 2.76. The number of nitrogens with zero attached hydrogens (tertiary/aromatic N) is 1. The van der Waals surface area contributed by atoms with Crippen molar-refractivity contribution in [3.05, 3.63) is 46.5 Å². The van der Waals surface area contributed by atoms with Gasteiger partial charge in [0, 0.05) is 10.1 Å². The number of rotatable bonds is 6. The van der Waals surface area contributed by atoms with Gasteiger partial charge in [0.15, 0.2) is 4.34 Å². The Labute approximate surface area is 127 Å². The van der Waals surface area contributed by atoms with Gasteiger partial charge in [-0.05, 0) is 18.9 Å². The molecule has 0 radical (unpaired) electrons. The van der Waals surface area contributed by atoms with E-state index in [1.165, 1.54) is 5.56 Å². The molecule has 2 aromatic rings. The molecule has 3 nitrogen and oxygen atoms in total. The van der Waals surface area contributed by atoms with Crippen LogP contribution in [0.25, 0.3) is 0 Å². The summed E-state index contributed by atoms with van der Waals surface area (Å²) in [6.07, 6.45) is 1.32. The maximum absolute atomic E-state index is 11.0. The standard InChI is InChI=1S/C15H18N2OS2/c1-3-12(11-7-5-4-6-8-11)19-15-17-10(2)13(20-15)9-14(16)18/h4-8,12H,3,9H2,1-2H3,(H2,16,18). The van der Waals surface area contributed by atoms with E-state index >= 15 is 0 Å². The molecule has 1 unspecified atom stereocenters. The van der Waals surface area contributed by atoms with Gasteiger partial charge in [0.1, 0.15) is 0 Å². The van der Waals surface area contributed by atoms with Gasteiger partial charge in [0.2, 0.25) is 5.91 Å². The van der Waals surface area contributed by atoms with E-state index in [0.717, 1.165) is 21.3 Å². The Bertz CT molecular complexity index is 581. The van der Waals surface area contributed by atoms with Gasteiger partial charge in [0.25, 0.3) is 0 Å². The van der Waals surface area contributed by atoms with Crippen LogP contribution in [0.1, 0.15) is 34.7 Å². The van der Waals surface area contributed by atoms with E-state index in [9.17, 15) is 4.79 Å². The number of benzene rings is 1. The third kappa shape index (κ3) is 3.84. The Morgan fingerprint density at radius 3 is 2.70 bits per heavy atom. The molecule has 0 saturated carbocycles. The molecule has 0 aliphatic carbocycles. The Balaban J connectivity index is 2.14. The molecule has 0 saturated heterocycles. The molecule has 0 spiro atoms. The summed E-state index contributed by atoms with van der Waals surface area (Å²) in [6, 6.07) is 10.4. The Morgan fingerprint density at radius 2 is 2.10 bits per heavy atom. The van der Waals surface area contributed by atoms with Crippen molar-refractivity contribution in [1.29, 1.82) is 0 Å². The van der Waals surface area contributed by atoms with E-state index in [1.807, 2.05) is 13.0 Å². The van der Waals surface area contributed by atoms with Gasteiger partial charge < -0.3 is 5.73 Å². The fraction of sp³-hybridized carbons (Fsp3) is 0.333. The number of thiazole rings is 1. The zero-order valence-electron chi connectivity index (χ0n) is 11.6. The zero-order chi connectivity index (χ0) is 14.5. The Morgan fingerprint density at radius 1 is 1.40 bits per heavy atom. The smallest absolute Gasteiger partial charge is 0.222 e. The quantitative estimate of drug-likeness (QED) is 0.827. The van der Waals surface area contributed by atoms with Crippen LogP contribution in [-0.4, -0.2) is 10.9 Å². The fourth-order valence-corrected chi connectivity index (χ4v) is 4.49. The molecule has 1 aromatic carbocycles. The summed E-state index contributed by atoms with van der Waals surface area (Å²) in [6.45, 7) is 4.11. The van der Waals surface area contributed by atoms with Gasteiger partial charge in [-0.1, -0.05) is 49.0 Å². The highest BCUT2D eigenvalue weighted by Crippen LogP contribution is 2.40. The number of aromatic nitrogens is 1. The van der Waals surface area contributed by atoms with Crippen molar-refractivity contribution in [3.8, 4) is 0 Å². The van der Waals surface area contributed by atoms with Crippen LogP contribution in [0.2, 0.25) is 0 Å². The maximum Gasteiger partial charge on any atom is 0.222 e. The molecular weight excluding hydrogens is 288 g/mol. The maximum atomic E-state index is 11.0. The van der Waals surface area contributed by atoms with E-state index in [1.54, 1.807) is 23.1 Å². The topological polar surface area (TPSA) is 56.0 Å². The molecule has 2 rings (SSSR count). The minimum Gasteiger partial charge on any atom is -0.369 e. The van der Waals surface area contributed by atoms with E-state index in [0.29, 0.717) is 5.25 Å². The van der Waals surface area contributed by atoms with Crippen LogP contribution in [-0.2, 0) is 11.2 Å². The van der Waals surface area contributed by atoms with Crippen LogP contribution in [0, 0.1) is 6.92 Å². The summed E-state index contributed by atoms with van der Waals surface area (Å²) in [5.74, 6) is -0.302. The molecular formula is C15H18N2OS2. The lowest BCUT2D eigenvalue weighted by Gasteiger charge is -2.12. The summed E-state index contributed by atoms with van der Waals surface area (Å²) in [4.78, 5) is 16.5. The molecule has 1 aromatic heterocycles. The summed E-state index contributed by atoms with van der Waals surface area (Å²) >= 11 is 3.34. The molecule has 1 heterocycles. The first-order valence-electron chi connectivity index (χ1n) is 6.56. The molecule has 2 N–H and O–H groups in total. The van der Waals surface area contributed by atoms with Crippen molar-refractivity contribution < 1.29 is 4.79 Å². The lowest BCUT2D eigenvalue weighted by molar-refractivity contribution is -0.117. The van der Waals surface area contributed by atoms with Crippen LogP contribution >= 0.6 is 23.1 Å². The van der Waals surface area contributed by atoms with Gasteiger partial charge in [0.05, 0.1) is 12.1 Å². The minimum atomic E-state index is -0.302. The van der Waals surface area contributed by atoms with Gasteiger partial charge in [-0.2, -0.15) is 0 Å². The average molecular weight is 306 g/mol. The second kappa shape index (κ2) is 6.90. The van der Waals surface area contributed by atoms with Gasteiger partial charge in [-0.3, -0.25) is 4.79 Å². The number of hydrogen-bond acceptors (Lipinski definition) is 4. The number of carbonyl (C=O) groups is 1. The minimum absolute atomic E-state index is 0.284. The van der Waals surface area contributed by atoms with Crippen LogP contribution < -0.4 is 5.73 Å². The number of thioether (sulfide) groups is 1. The first-order valence-corrected chi connectivity index (χ1v) is 8.26. The Kier molecular flexibility index (Phi) is 5.20. The summed E-state index contributed by atoms with van der Waals surface area (Å²) in [5, 5.41) is 0.392. The number of aryl methyl sites for hydroxylation is 1. The SMILES string of the molecule is CCC(Sc1nc(C)c(CC(N)=O)s1)c1ccccc1. The monoisotopic (exact) mass is 306 g/mol. The molecule has 0 fully saturated rings. The van der Waals surface area contributed by atoms with Crippen molar-refractivity contribution >= 4 is 29.0 Å². The first kappa shape index (κ1) is 15.1. The molecule has 5 heteroatoms. The summed E-state index contributed by atoms with van der Waals surface area (Å²) in [7, 11) is 0. The van der Waals surface area contributed by atoms with Crippen LogP contribution in [0.15, 0.2) is 34.7 Å². The highest BCUT2D eigenvalue weighted by molar-refractivity contribution is 8.01. The number of amides is 1. The van der Waals surface area contributed by atoms with Gasteiger partial charge in [-0.25, -0.2) is 4.98 Å². The summed E-state index contributed by atoms with van der Waals surface area (Å²) < 4.78 is 1.01. The fourth-order valence-electron chi connectivity index (χ4n) is 1.95. The van der Waals surface area contributed by atoms with Crippen LogP contribution in [0.4, 0.5) is 0 Å². The highest BCUT2D eigenvalue weighted by Gasteiger charge is 2.16. The van der Waals surface area contributed by atoms with E-state index < -0.39 is 0 Å². The van der Waals surface area contributed by atoms with Crippen molar-refractivity contribution in [2.45, 2.75) is 36.3 Å². The number of hydrogen-bond donors (Lipinski definition) is 1. The van der Waals surface area contributed by atoms with Crippen LogP contribution in [0.5, 0.6) is 0 Å². The lowest BCUT2D eigenvalue weighted by atomic mass is 10.1. The zero-order valence-corrected chi connectivity index (χ0v) is 13.3. The van der Waals surface area contributed by atoms with Gasteiger partial charge in [-0.15, -0.1) is 11.3 Å². The number of carbonyl (C=O) groups excluding carboxylic acids is 1. The third-order valence-electron chi connectivity index (χ3n) is 2.99. The summed E-state index contributed by atoms with van der Waals surface area (Å²) in [5.41, 5.74) is 7.48. The molecule has 0 aliphatic heterocycles. The first-order chi connectivity index (χ1) is 9.60. The third-order valence-corrected chi connectivity index (χ3v) is 5.67. The molecule has 1 atom stereocenters. The second-order valence-corrected chi connectivity index (χ2v) is 7.09. The van der Waals surface area contributed by atoms with E-state index in [2.05, 4.69) is 36.2 Å². The number of nitrogens with two attached hydrogens (primary N) is 1. The highest BCUT2D eigenvalue weighted by atomic mass is 32.2. The van der Waals surface area contributed by atoms with Crippen molar-refractivity contribution in [3.63, 3.8) is 0 Å². The normalized spacial score (nSPS) is 12.3. The van der Waals surface area contributed by atoms with E-state index in [4.69, 9.17) is 5.73 Å². The van der Waals surface area contributed by atoms with Gasteiger partial charge >= 0.3 is 0 Å².